The van der Waals surface area contributed by atoms with Crippen molar-refractivity contribution in [3.05, 3.63) is 0 Å². The maximum Gasteiger partial charge on any atom is 0.222 e. The zero-order chi connectivity index (χ0) is 13.9. The monoisotopic (exact) mass is 270 g/mol. The molecule has 0 aromatic rings. The molecule has 0 spiro atoms. The number of hydrogen-bond acceptors (Lipinski definition) is 3. The lowest BCUT2D eigenvalue weighted by atomic mass is 10.0. The van der Waals surface area contributed by atoms with Crippen molar-refractivity contribution in [1.29, 1.82) is 0 Å². The first-order valence-corrected chi connectivity index (χ1v) is 7.86. The van der Waals surface area contributed by atoms with Gasteiger partial charge in [-0.25, -0.2) is 0 Å². The summed E-state index contributed by atoms with van der Waals surface area (Å²) in [6, 6.07) is 0.496. The Labute approximate surface area is 117 Å². The van der Waals surface area contributed by atoms with Crippen LogP contribution in [0.1, 0.15) is 52.4 Å². The number of amides is 1. The molecule has 1 aliphatic heterocycles. The lowest BCUT2D eigenvalue weighted by Crippen LogP contribution is -2.46. The zero-order valence-corrected chi connectivity index (χ0v) is 12.6. The molecule has 0 aromatic carbocycles. The Morgan fingerprint density at radius 3 is 2.84 bits per heavy atom. The van der Waals surface area contributed by atoms with Gasteiger partial charge < -0.3 is 15.0 Å². The first-order valence-electron chi connectivity index (χ1n) is 7.86. The van der Waals surface area contributed by atoms with Gasteiger partial charge in [0.25, 0.3) is 0 Å². The summed E-state index contributed by atoms with van der Waals surface area (Å²) in [4.78, 5) is 14.2. The predicted molar refractivity (Wildman–Crippen MR) is 78.2 cm³/mol. The molecule has 1 fully saturated rings. The molecular weight excluding hydrogens is 240 g/mol. The van der Waals surface area contributed by atoms with Crippen LogP contribution < -0.4 is 5.32 Å². The van der Waals surface area contributed by atoms with E-state index in [4.69, 9.17) is 4.74 Å². The van der Waals surface area contributed by atoms with Crippen LogP contribution >= 0.6 is 0 Å². The van der Waals surface area contributed by atoms with Crippen LogP contribution in [0, 0.1) is 0 Å². The lowest BCUT2D eigenvalue weighted by molar-refractivity contribution is -0.132. The van der Waals surface area contributed by atoms with Gasteiger partial charge in [-0.2, -0.15) is 0 Å². The third kappa shape index (κ3) is 6.92. The summed E-state index contributed by atoms with van der Waals surface area (Å²) in [7, 11) is 0. The summed E-state index contributed by atoms with van der Waals surface area (Å²) in [5.41, 5.74) is 0. The van der Waals surface area contributed by atoms with Gasteiger partial charge in [-0.05, 0) is 39.2 Å². The smallest absolute Gasteiger partial charge is 0.222 e. The molecule has 4 nitrogen and oxygen atoms in total. The first kappa shape index (κ1) is 16.4. The Balaban J connectivity index is 2.30. The molecule has 0 aromatic heterocycles. The van der Waals surface area contributed by atoms with E-state index in [0.29, 0.717) is 19.1 Å². The summed E-state index contributed by atoms with van der Waals surface area (Å²) in [6.45, 7) is 8.41. The van der Waals surface area contributed by atoms with Gasteiger partial charge >= 0.3 is 0 Å². The minimum atomic E-state index is 0.286. The minimum absolute atomic E-state index is 0.286. The fraction of sp³-hybridized carbons (Fsp3) is 0.933. The van der Waals surface area contributed by atoms with Crippen molar-refractivity contribution in [3.8, 4) is 0 Å². The van der Waals surface area contributed by atoms with E-state index < -0.39 is 0 Å². The average molecular weight is 270 g/mol. The van der Waals surface area contributed by atoms with Crippen LogP contribution in [0.5, 0.6) is 0 Å². The fourth-order valence-electron chi connectivity index (χ4n) is 2.56. The maximum atomic E-state index is 12.2. The topological polar surface area (TPSA) is 41.6 Å². The van der Waals surface area contributed by atoms with Crippen LogP contribution in [0.3, 0.4) is 0 Å². The Morgan fingerprint density at radius 1 is 1.37 bits per heavy atom. The highest BCUT2D eigenvalue weighted by atomic mass is 16.5. The highest BCUT2D eigenvalue weighted by Gasteiger charge is 2.19. The summed E-state index contributed by atoms with van der Waals surface area (Å²) in [5.74, 6) is 0.286. The molecule has 112 valence electrons. The number of ether oxygens (including phenoxy) is 1. The second kappa shape index (κ2) is 10.2. The maximum absolute atomic E-state index is 12.2. The minimum Gasteiger partial charge on any atom is -0.382 e. The molecular formula is C15H30N2O2. The molecule has 19 heavy (non-hydrogen) atoms. The number of carbonyl (C=O) groups is 1. The molecule has 4 heteroatoms. The van der Waals surface area contributed by atoms with E-state index in [1.165, 1.54) is 19.3 Å². The molecule has 1 heterocycles. The van der Waals surface area contributed by atoms with Gasteiger partial charge in [0.1, 0.15) is 0 Å². The molecule has 1 rings (SSSR count). The summed E-state index contributed by atoms with van der Waals surface area (Å²) >= 11 is 0. The van der Waals surface area contributed by atoms with E-state index in [0.717, 1.165) is 39.1 Å². The Kier molecular flexibility index (Phi) is 8.84. The average Bonchev–Trinajstić information content (AvgIpc) is 2.44. The van der Waals surface area contributed by atoms with E-state index in [-0.39, 0.29) is 5.91 Å². The Hall–Kier alpha value is -0.610. The molecule has 0 radical (unpaired) electrons. The van der Waals surface area contributed by atoms with Gasteiger partial charge in [-0.3, -0.25) is 4.79 Å². The van der Waals surface area contributed by atoms with Crippen molar-refractivity contribution < 1.29 is 9.53 Å². The Morgan fingerprint density at radius 2 is 2.21 bits per heavy atom. The van der Waals surface area contributed by atoms with Crippen molar-refractivity contribution in [3.63, 3.8) is 0 Å². The standard InChI is InChI=1S/C15H30N2O2/c1-3-11-17(13-14-8-5-6-10-16-14)15(18)9-7-12-19-4-2/h14,16H,3-13H2,1-2H3. The fourth-order valence-corrected chi connectivity index (χ4v) is 2.56. The van der Waals surface area contributed by atoms with Gasteiger partial charge in [0, 0.05) is 38.8 Å². The number of rotatable bonds is 9. The summed E-state index contributed by atoms with van der Waals surface area (Å²) in [5, 5.41) is 3.52. The molecule has 1 N–H and O–H groups in total. The molecule has 1 atom stereocenters. The summed E-state index contributed by atoms with van der Waals surface area (Å²) in [6.07, 6.45) is 6.25. The lowest BCUT2D eigenvalue weighted by Gasteiger charge is -2.30. The largest absolute Gasteiger partial charge is 0.382 e. The second-order valence-corrected chi connectivity index (χ2v) is 5.29. The van der Waals surface area contributed by atoms with Crippen molar-refractivity contribution in [2.24, 2.45) is 0 Å². The van der Waals surface area contributed by atoms with Gasteiger partial charge in [-0.1, -0.05) is 13.3 Å². The van der Waals surface area contributed by atoms with Gasteiger partial charge in [0.2, 0.25) is 5.91 Å². The van der Waals surface area contributed by atoms with Crippen molar-refractivity contribution in [1.82, 2.24) is 10.2 Å². The van der Waals surface area contributed by atoms with Crippen LogP contribution in [0.15, 0.2) is 0 Å². The first-order chi connectivity index (χ1) is 9.27. The SMILES string of the molecule is CCCN(CC1CCCCN1)C(=O)CCCOCC. The molecule has 0 bridgehead atoms. The van der Waals surface area contributed by atoms with E-state index >= 15 is 0 Å². The highest BCUT2D eigenvalue weighted by Crippen LogP contribution is 2.10. The van der Waals surface area contributed by atoms with Gasteiger partial charge in [0.15, 0.2) is 0 Å². The highest BCUT2D eigenvalue weighted by molar-refractivity contribution is 5.76. The third-order valence-corrected chi connectivity index (χ3v) is 3.58. The van der Waals surface area contributed by atoms with Crippen LogP contribution in [0.4, 0.5) is 0 Å². The number of piperidine rings is 1. The quantitative estimate of drug-likeness (QED) is 0.653. The number of nitrogens with zero attached hydrogens (tertiary/aromatic N) is 1. The van der Waals surface area contributed by atoms with Gasteiger partial charge in [-0.15, -0.1) is 0 Å². The number of nitrogens with one attached hydrogen (secondary N) is 1. The molecule has 1 aliphatic rings. The van der Waals surface area contributed by atoms with E-state index in [1.54, 1.807) is 0 Å². The second-order valence-electron chi connectivity index (χ2n) is 5.29. The molecule has 1 saturated heterocycles. The van der Waals surface area contributed by atoms with Crippen molar-refractivity contribution >= 4 is 5.91 Å². The third-order valence-electron chi connectivity index (χ3n) is 3.58. The van der Waals surface area contributed by atoms with Crippen LogP contribution in [0.2, 0.25) is 0 Å². The zero-order valence-electron chi connectivity index (χ0n) is 12.6. The van der Waals surface area contributed by atoms with Crippen molar-refractivity contribution in [2.75, 3.05) is 32.8 Å². The number of hydrogen-bond donors (Lipinski definition) is 1. The molecule has 1 unspecified atom stereocenters. The molecule has 0 aliphatic carbocycles. The Bertz CT molecular complexity index is 240. The van der Waals surface area contributed by atoms with Crippen LogP contribution in [0.25, 0.3) is 0 Å². The molecule has 1 amide bonds. The van der Waals surface area contributed by atoms with Crippen LogP contribution in [-0.4, -0.2) is 49.7 Å². The molecule has 0 saturated carbocycles. The van der Waals surface area contributed by atoms with Gasteiger partial charge in [0.05, 0.1) is 0 Å². The number of carbonyl (C=O) groups excluding carboxylic acids is 1. The normalized spacial score (nSPS) is 19.4. The summed E-state index contributed by atoms with van der Waals surface area (Å²) < 4.78 is 5.29. The van der Waals surface area contributed by atoms with E-state index in [9.17, 15) is 4.79 Å². The predicted octanol–water partition coefficient (Wildman–Crippen LogP) is 2.18. The van der Waals surface area contributed by atoms with E-state index in [1.807, 2.05) is 11.8 Å². The van der Waals surface area contributed by atoms with E-state index in [2.05, 4.69) is 12.2 Å². The van der Waals surface area contributed by atoms with Crippen LogP contribution in [-0.2, 0) is 9.53 Å². The van der Waals surface area contributed by atoms with Crippen molar-refractivity contribution in [2.45, 2.75) is 58.4 Å².